The summed E-state index contributed by atoms with van der Waals surface area (Å²) < 4.78 is 28.2. The summed E-state index contributed by atoms with van der Waals surface area (Å²) in [7, 11) is 0. The van der Waals surface area contributed by atoms with E-state index in [9.17, 15) is 13.6 Å². The van der Waals surface area contributed by atoms with Gasteiger partial charge in [-0.3, -0.25) is 10.1 Å². The maximum Gasteiger partial charge on any atom is 0.248 e. The van der Waals surface area contributed by atoms with Gasteiger partial charge in [-0.25, -0.2) is 13.8 Å². The van der Waals surface area contributed by atoms with Crippen molar-refractivity contribution in [1.82, 2.24) is 9.55 Å². The number of carbonyl (C=O) groups excluding carboxylic acids is 1. The molecule has 25 heavy (non-hydrogen) atoms. The van der Waals surface area contributed by atoms with Crippen molar-refractivity contribution >= 4 is 34.5 Å². The van der Waals surface area contributed by atoms with Crippen LogP contribution in [0.15, 0.2) is 18.2 Å². The predicted molar refractivity (Wildman–Crippen MR) is 93.1 cm³/mol. The van der Waals surface area contributed by atoms with E-state index in [4.69, 9.17) is 11.6 Å². The minimum absolute atomic E-state index is 0.212. The summed E-state index contributed by atoms with van der Waals surface area (Å²) in [6.07, 6.45) is 2.79. The predicted octanol–water partition coefficient (Wildman–Crippen LogP) is 5.03. The average Bonchev–Trinajstić information content (AvgIpc) is 2.80. The van der Waals surface area contributed by atoms with Crippen LogP contribution < -0.4 is 5.32 Å². The smallest absolute Gasteiger partial charge is 0.248 e. The van der Waals surface area contributed by atoms with Gasteiger partial charge in [-0.05, 0) is 43.4 Å². The molecule has 0 unspecified atom stereocenters. The molecule has 2 fully saturated rings. The molecule has 1 aromatic heterocycles. The molecule has 0 aliphatic heterocycles. The van der Waals surface area contributed by atoms with E-state index >= 15 is 0 Å². The molecule has 2 saturated carbocycles. The van der Waals surface area contributed by atoms with Gasteiger partial charge in [0.05, 0.1) is 11.0 Å². The van der Waals surface area contributed by atoms with Crippen molar-refractivity contribution in [2.45, 2.75) is 51.0 Å². The van der Waals surface area contributed by atoms with E-state index in [1.54, 1.807) is 13.0 Å². The Hall–Kier alpha value is -1.69. The molecule has 4 nitrogen and oxygen atoms in total. The van der Waals surface area contributed by atoms with Crippen LogP contribution >= 0.6 is 11.6 Å². The molecule has 2 aliphatic carbocycles. The van der Waals surface area contributed by atoms with Crippen molar-refractivity contribution in [3.8, 4) is 0 Å². The van der Waals surface area contributed by atoms with Crippen molar-refractivity contribution in [3.63, 3.8) is 0 Å². The molecule has 0 radical (unpaired) electrons. The fourth-order valence-electron chi connectivity index (χ4n) is 3.67. The summed E-state index contributed by atoms with van der Waals surface area (Å²) in [4.78, 5) is 17.1. The van der Waals surface area contributed by atoms with E-state index in [0.717, 1.165) is 30.3 Å². The Morgan fingerprint density at radius 3 is 2.72 bits per heavy atom. The monoisotopic (exact) mass is 367 g/mol. The number of fused-ring (bicyclic) bond motifs is 1. The van der Waals surface area contributed by atoms with E-state index in [0.29, 0.717) is 17.0 Å². The molecule has 1 amide bonds. The lowest BCUT2D eigenvalue weighted by Crippen LogP contribution is -2.42. The van der Waals surface area contributed by atoms with Crippen LogP contribution in [0.25, 0.3) is 11.0 Å². The minimum Gasteiger partial charge on any atom is -0.307 e. The van der Waals surface area contributed by atoms with Gasteiger partial charge in [-0.15, -0.1) is 0 Å². The number of alkyl halides is 2. The second kappa shape index (κ2) is 5.94. The fraction of sp³-hybridized carbons (Fsp3) is 0.556. The number of halogens is 3. The first-order chi connectivity index (χ1) is 11.8. The van der Waals surface area contributed by atoms with Crippen LogP contribution in [0.1, 0.15) is 45.1 Å². The summed E-state index contributed by atoms with van der Waals surface area (Å²) in [5.41, 5.74) is 1.67. The van der Waals surface area contributed by atoms with Crippen LogP contribution in [0.2, 0.25) is 5.02 Å². The molecule has 0 saturated heterocycles. The number of anilines is 1. The number of carbonyl (C=O) groups is 1. The van der Waals surface area contributed by atoms with Crippen LogP contribution in [0.3, 0.4) is 0 Å². The maximum atomic E-state index is 13.1. The van der Waals surface area contributed by atoms with Gasteiger partial charge >= 0.3 is 0 Å². The number of hydrogen-bond donors (Lipinski definition) is 1. The van der Waals surface area contributed by atoms with Gasteiger partial charge in [0.15, 0.2) is 0 Å². The van der Waals surface area contributed by atoms with Crippen LogP contribution in [-0.2, 0) is 4.79 Å². The number of hydrogen-bond acceptors (Lipinski definition) is 2. The van der Waals surface area contributed by atoms with E-state index in [-0.39, 0.29) is 24.7 Å². The lowest BCUT2D eigenvalue weighted by molar-refractivity contribution is -0.140. The molecule has 1 atom stereocenters. The Morgan fingerprint density at radius 1 is 1.40 bits per heavy atom. The number of nitrogens with zero attached hydrogens (tertiary/aromatic N) is 2. The van der Waals surface area contributed by atoms with Gasteiger partial charge in [-0.1, -0.05) is 18.5 Å². The van der Waals surface area contributed by atoms with E-state index in [1.807, 2.05) is 16.7 Å². The third kappa shape index (κ3) is 3.01. The Morgan fingerprint density at radius 2 is 2.12 bits per heavy atom. The van der Waals surface area contributed by atoms with Crippen LogP contribution in [0.4, 0.5) is 14.7 Å². The first-order valence-corrected chi connectivity index (χ1v) is 9.08. The van der Waals surface area contributed by atoms with Crippen molar-refractivity contribution in [2.24, 2.45) is 11.8 Å². The average molecular weight is 368 g/mol. The SMILES string of the molecule is C[C@H](C(=O)Nc1nc2ccc(Cl)cc2n1C1CCC1)C1CC(F)(F)C1. The number of benzene rings is 1. The maximum absolute atomic E-state index is 13.1. The lowest BCUT2D eigenvalue weighted by Gasteiger charge is -2.38. The molecule has 2 aromatic rings. The Kier molecular flexibility index (Phi) is 3.98. The number of amides is 1. The standard InChI is InChI=1S/C18H20ClF2N3O/c1-10(11-8-18(20,21)9-11)16(25)23-17-22-14-6-5-12(19)7-15(14)24(17)13-3-2-4-13/h5-7,10-11,13H,2-4,8-9H2,1H3,(H,22,23,25)/t10-/m0/s1. The molecular formula is C18H20ClF2N3O. The van der Waals surface area contributed by atoms with E-state index in [2.05, 4.69) is 10.3 Å². The highest BCUT2D eigenvalue weighted by molar-refractivity contribution is 6.31. The normalized spacial score (nSPS) is 21.6. The van der Waals surface area contributed by atoms with Crippen LogP contribution in [-0.4, -0.2) is 21.4 Å². The van der Waals surface area contributed by atoms with Gasteiger partial charge < -0.3 is 4.57 Å². The van der Waals surface area contributed by atoms with Crippen LogP contribution in [0.5, 0.6) is 0 Å². The number of aromatic nitrogens is 2. The third-order valence-corrected chi connectivity index (χ3v) is 5.80. The zero-order valence-corrected chi connectivity index (χ0v) is 14.7. The second-order valence-electron chi connectivity index (χ2n) is 7.33. The van der Waals surface area contributed by atoms with Gasteiger partial charge in [0, 0.05) is 29.8 Å². The summed E-state index contributed by atoms with van der Waals surface area (Å²) >= 11 is 6.12. The Labute approximate surface area is 149 Å². The molecule has 0 spiro atoms. The molecule has 0 bridgehead atoms. The van der Waals surface area contributed by atoms with Gasteiger partial charge in [-0.2, -0.15) is 0 Å². The highest BCUT2D eigenvalue weighted by Crippen LogP contribution is 2.46. The van der Waals surface area contributed by atoms with E-state index in [1.165, 1.54) is 0 Å². The summed E-state index contributed by atoms with van der Waals surface area (Å²) in [5.74, 6) is -3.11. The fourth-order valence-corrected chi connectivity index (χ4v) is 3.83. The topological polar surface area (TPSA) is 46.9 Å². The molecule has 2 aliphatic rings. The summed E-state index contributed by atoms with van der Waals surface area (Å²) in [6.45, 7) is 1.71. The summed E-state index contributed by atoms with van der Waals surface area (Å²) in [5, 5.41) is 3.49. The van der Waals surface area contributed by atoms with E-state index < -0.39 is 11.8 Å². The first kappa shape index (κ1) is 16.8. The number of imidazole rings is 1. The largest absolute Gasteiger partial charge is 0.307 e. The molecule has 1 aromatic carbocycles. The molecule has 134 valence electrons. The molecule has 1 N–H and O–H groups in total. The van der Waals surface area contributed by atoms with Gasteiger partial charge in [0.2, 0.25) is 17.8 Å². The zero-order chi connectivity index (χ0) is 17.8. The molecule has 1 heterocycles. The number of nitrogens with one attached hydrogen (secondary N) is 1. The lowest BCUT2D eigenvalue weighted by atomic mass is 9.73. The quantitative estimate of drug-likeness (QED) is 0.823. The second-order valence-corrected chi connectivity index (χ2v) is 7.76. The zero-order valence-electron chi connectivity index (χ0n) is 13.9. The van der Waals surface area contributed by atoms with Gasteiger partial charge in [0.1, 0.15) is 0 Å². The summed E-state index contributed by atoms with van der Waals surface area (Å²) in [6, 6.07) is 5.75. The Bertz CT molecular complexity index is 823. The van der Waals surface area contributed by atoms with Crippen molar-refractivity contribution in [2.75, 3.05) is 5.32 Å². The van der Waals surface area contributed by atoms with Crippen molar-refractivity contribution < 1.29 is 13.6 Å². The first-order valence-electron chi connectivity index (χ1n) is 8.70. The van der Waals surface area contributed by atoms with Crippen molar-refractivity contribution in [1.29, 1.82) is 0 Å². The molecular weight excluding hydrogens is 348 g/mol. The molecule has 7 heteroatoms. The number of rotatable bonds is 4. The minimum atomic E-state index is -2.62. The van der Waals surface area contributed by atoms with Crippen molar-refractivity contribution in [3.05, 3.63) is 23.2 Å². The highest BCUT2D eigenvalue weighted by atomic mass is 35.5. The Balaban J connectivity index is 1.59. The third-order valence-electron chi connectivity index (χ3n) is 5.57. The highest BCUT2D eigenvalue weighted by Gasteiger charge is 2.49. The molecule has 4 rings (SSSR count). The van der Waals surface area contributed by atoms with Crippen LogP contribution in [0, 0.1) is 11.8 Å². The van der Waals surface area contributed by atoms with Gasteiger partial charge in [0.25, 0.3) is 0 Å².